The van der Waals surface area contributed by atoms with Gasteiger partial charge in [-0.25, -0.2) is 0 Å². The third kappa shape index (κ3) is 3.94. The number of hydrogen-bond donors (Lipinski definition) is 1. The Morgan fingerprint density at radius 1 is 1.35 bits per heavy atom. The standard InChI is InChI=1S/C14H21N3O3/c1-5-16(6-2)14(18)11(4)15-12-7-10(3)8-13(9-12)17(19)20/h7-9,11,15H,5-6H2,1-4H3. The quantitative estimate of drug-likeness (QED) is 0.641. The summed E-state index contributed by atoms with van der Waals surface area (Å²) in [6.45, 7) is 8.69. The lowest BCUT2D eigenvalue weighted by Crippen LogP contribution is -2.41. The lowest BCUT2D eigenvalue weighted by Gasteiger charge is -2.24. The van der Waals surface area contributed by atoms with Crippen molar-refractivity contribution >= 4 is 17.3 Å². The Labute approximate surface area is 118 Å². The number of rotatable bonds is 6. The minimum atomic E-state index is -0.435. The number of anilines is 1. The summed E-state index contributed by atoms with van der Waals surface area (Å²) in [5.74, 6) is -0.0147. The van der Waals surface area contributed by atoms with Gasteiger partial charge in [-0.15, -0.1) is 0 Å². The molecule has 20 heavy (non-hydrogen) atoms. The van der Waals surface area contributed by atoms with E-state index in [4.69, 9.17) is 0 Å². The number of likely N-dealkylation sites (N-methyl/N-ethyl adjacent to an activating group) is 1. The van der Waals surface area contributed by atoms with E-state index in [9.17, 15) is 14.9 Å². The van der Waals surface area contributed by atoms with Crippen molar-refractivity contribution in [2.45, 2.75) is 33.7 Å². The number of nitro groups is 1. The van der Waals surface area contributed by atoms with Crippen LogP contribution in [-0.4, -0.2) is 34.9 Å². The number of aryl methyl sites for hydroxylation is 1. The fraction of sp³-hybridized carbons (Fsp3) is 0.500. The van der Waals surface area contributed by atoms with Gasteiger partial charge in [-0.3, -0.25) is 14.9 Å². The third-order valence-corrected chi connectivity index (χ3v) is 3.10. The summed E-state index contributed by atoms with van der Waals surface area (Å²) in [5.41, 5.74) is 1.39. The van der Waals surface area contributed by atoms with Crippen molar-refractivity contribution in [1.29, 1.82) is 0 Å². The minimum absolute atomic E-state index is 0.0147. The highest BCUT2D eigenvalue weighted by molar-refractivity contribution is 5.84. The van der Waals surface area contributed by atoms with Crippen LogP contribution in [0.4, 0.5) is 11.4 Å². The fourth-order valence-corrected chi connectivity index (χ4v) is 2.07. The lowest BCUT2D eigenvalue weighted by molar-refractivity contribution is -0.384. The number of nitrogens with zero attached hydrogens (tertiary/aromatic N) is 2. The predicted octanol–water partition coefficient (Wildman–Crippen LogP) is 2.57. The van der Waals surface area contributed by atoms with E-state index in [1.165, 1.54) is 12.1 Å². The number of hydrogen-bond acceptors (Lipinski definition) is 4. The summed E-state index contributed by atoms with van der Waals surface area (Å²) in [7, 11) is 0. The first kappa shape index (κ1) is 15.9. The highest BCUT2D eigenvalue weighted by atomic mass is 16.6. The average Bonchev–Trinajstić information content (AvgIpc) is 2.39. The first-order chi connectivity index (χ1) is 9.38. The first-order valence-corrected chi connectivity index (χ1v) is 6.70. The molecular weight excluding hydrogens is 258 g/mol. The maximum absolute atomic E-state index is 12.1. The molecule has 1 atom stereocenters. The summed E-state index contributed by atoms with van der Waals surface area (Å²) in [6.07, 6.45) is 0. The molecule has 1 aromatic rings. The van der Waals surface area contributed by atoms with Crippen LogP contribution in [-0.2, 0) is 4.79 Å². The van der Waals surface area contributed by atoms with E-state index in [0.717, 1.165) is 5.56 Å². The van der Waals surface area contributed by atoms with E-state index in [1.54, 1.807) is 24.8 Å². The zero-order valence-electron chi connectivity index (χ0n) is 12.3. The topological polar surface area (TPSA) is 75.5 Å². The van der Waals surface area contributed by atoms with Crippen molar-refractivity contribution in [2.24, 2.45) is 0 Å². The molecule has 0 aromatic heterocycles. The van der Waals surface area contributed by atoms with Crippen LogP contribution in [0.15, 0.2) is 18.2 Å². The second-order valence-corrected chi connectivity index (χ2v) is 4.69. The van der Waals surface area contributed by atoms with Crippen molar-refractivity contribution in [3.05, 3.63) is 33.9 Å². The third-order valence-electron chi connectivity index (χ3n) is 3.10. The van der Waals surface area contributed by atoms with Crippen LogP contribution in [0.3, 0.4) is 0 Å². The number of carbonyl (C=O) groups is 1. The summed E-state index contributed by atoms with van der Waals surface area (Å²) in [6, 6.07) is 4.32. The van der Waals surface area contributed by atoms with Crippen LogP contribution in [0.1, 0.15) is 26.3 Å². The number of carbonyl (C=O) groups excluding carboxylic acids is 1. The van der Waals surface area contributed by atoms with Crippen molar-refractivity contribution in [1.82, 2.24) is 4.90 Å². The molecule has 1 N–H and O–H groups in total. The summed E-state index contributed by atoms with van der Waals surface area (Å²) in [4.78, 5) is 24.3. The monoisotopic (exact) mass is 279 g/mol. The number of nitro benzene ring substituents is 1. The van der Waals surface area contributed by atoms with Crippen molar-refractivity contribution in [2.75, 3.05) is 18.4 Å². The molecule has 0 aliphatic carbocycles. The Morgan fingerprint density at radius 3 is 2.45 bits per heavy atom. The zero-order chi connectivity index (χ0) is 15.3. The molecule has 6 heteroatoms. The van der Waals surface area contributed by atoms with Gasteiger partial charge in [-0.05, 0) is 39.3 Å². The van der Waals surface area contributed by atoms with Gasteiger partial charge in [-0.2, -0.15) is 0 Å². The molecule has 0 aliphatic heterocycles. The van der Waals surface area contributed by atoms with E-state index in [1.807, 2.05) is 13.8 Å². The van der Waals surface area contributed by atoms with Gasteiger partial charge in [0.15, 0.2) is 0 Å². The molecule has 0 bridgehead atoms. The van der Waals surface area contributed by atoms with Crippen LogP contribution in [0.2, 0.25) is 0 Å². The number of nitrogens with one attached hydrogen (secondary N) is 1. The fourth-order valence-electron chi connectivity index (χ4n) is 2.07. The maximum atomic E-state index is 12.1. The van der Waals surface area contributed by atoms with Gasteiger partial charge >= 0.3 is 0 Å². The van der Waals surface area contributed by atoms with Crippen molar-refractivity contribution in [3.8, 4) is 0 Å². The van der Waals surface area contributed by atoms with Gasteiger partial charge in [-0.1, -0.05) is 0 Å². The molecule has 0 aliphatic rings. The Bertz CT molecular complexity index is 498. The Morgan fingerprint density at radius 2 is 1.95 bits per heavy atom. The smallest absolute Gasteiger partial charge is 0.271 e. The molecule has 0 saturated heterocycles. The molecule has 0 heterocycles. The zero-order valence-corrected chi connectivity index (χ0v) is 12.3. The average molecular weight is 279 g/mol. The summed E-state index contributed by atoms with van der Waals surface area (Å²) >= 11 is 0. The highest BCUT2D eigenvalue weighted by Gasteiger charge is 2.18. The molecule has 0 saturated carbocycles. The van der Waals surface area contributed by atoms with Crippen molar-refractivity contribution < 1.29 is 9.72 Å². The van der Waals surface area contributed by atoms with E-state index < -0.39 is 11.0 Å². The number of amides is 1. The van der Waals surface area contributed by atoms with Gasteiger partial charge in [0.1, 0.15) is 6.04 Å². The van der Waals surface area contributed by atoms with Gasteiger partial charge in [0.25, 0.3) is 5.69 Å². The normalized spacial score (nSPS) is 11.8. The summed E-state index contributed by atoms with van der Waals surface area (Å²) in [5, 5.41) is 13.9. The summed E-state index contributed by atoms with van der Waals surface area (Å²) < 4.78 is 0. The van der Waals surface area contributed by atoms with E-state index in [-0.39, 0.29) is 11.6 Å². The Balaban J connectivity index is 2.87. The molecule has 0 spiro atoms. The van der Waals surface area contributed by atoms with Crippen molar-refractivity contribution in [3.63, 3.8) is 0 Å². The predicted molar refractivity (Wildman–Crippen MR) is 78.8 cm³/mol. The van der Waals surface area contributed by atoms with Crippen LogP contribution < -0.4 is 5.32 Å². The van der Waals surface area contributed by atoms with Crippen LogP contribution >= 0.6 is 0 Å². The Hall–Kier alpha value is -2.11. The van der Waals surface area contributed by atoms with Crippen LogP contribution in [0.25, 0.3) is 0 Å². The number of non-ortho nitro benzene ring substituents is 1. The maximum Gasteiger partial charge on any atom is 0.271 e. The van der Waals surface area contributed by atoms with E-state index >= 15 is 0 Å². The number of benzene rings is 1. The molecule has 0 fully saturated rings. The molecule has 0 radical (unpaired) electrons. The molecule has 1 rings (SSSR count). The SMILES string of the molecule is CCN(CC)C(=O)C(C)Nc1cc(C)cc([N+](=O)[O-])c1. The van der Waals surface area contributed by atoms with Gasteiger partial charge in [0.2, 0.25) is 5.91 Å². The van der Waals surface area contributed by atoms with Gasteiger partial charge in [0, 0.05) is 30.9 Å². The minimum Gasteiger partial charge on any atom is -0.374 e. The second kappa shape index (κ2) is 6.88. The largest absolute Gasteiger partial charge is 0.374 e. The molecule has 6 nitrogen and oxygen atoms in total. The molecule has 1 unspecified atom stereocenters. The highest BCUT2D eigenvalue weighted by Crippen LogP contribution is 2.21. The van der Waals surface area contributed by atoms with Gasteiger partial charge in [0.05, 0.1) is 4.92 Å². The lowest BCUT2D eigenvalue weighted by atomic mass is 10.1. The van der Waals surface area contributed by atoms with E-state index in [2.05, 4.69) is 5.32 Å². The van der Waals surface area contributed by atoms with Gasteiger partial charge < -0.3 is 10.2 Å². The second-order valence-electron chi connectivity index (χ2n) is 4.69. The molecular formula is C14H21N3O3. The first-order valence-electron chi connectivity index (χ1n) is 6.70. The molecule has 110 valence electrons. The molecule has 1 aromatic carbocycles. The molecule has 1 amide bonds. The van der Waals surface area contributed by atoms with E-state index in [0.29, 0.717) is 18.8 Å². The van der Waals surface area contributed by atoms with Crippen LogP contribution in [0.5, 0.6) is 0 Å². The Kier molecular flexibility index (Phi) is 5.49. The van der Waals surface area contributed by atoms with Crippen LogP contribution in [0, 0.1) is 17.0 Å².